The highest BCUT2D eigenvalue weighted by atomic mass is 16.2. The normalized spacial score (nSPS) is 9.93. The molecule has 5 heteroatoms. The van der Waals surface area contributed by atoms with Crippen molar-refractivity contribution in [1.82, 2.24) is 10.2 Å². The van der Waals surface area contributed by atoms with Gasteiger partial charge in [0.25, 0.3) is 0 Å². The molecule has 0 aromatic carbocycles. The zero-order valence-electron chi connectivity index (χ0n) is 8.47. The lowest BCUT2D eigenvalue weighted by molar-refractivity contribution is -0.124. The Morgan fingerprint density at radius 2 is 2.07 bits per heavy atom. The van der Waals surface area contributed by atoms with E-state index >= 15 is 0 Å². The SMILES string of the molecule is CC(=O)CC(=O)Nc1c(C)n[nH]c1C. The molecule has 0 aliphatic carbocycles. The smallest absolute Gasteiger partial charge is 0.231 e. The van der Waals surface area contributed by atoms with Gasteiger partial charge in [-0.1, -0.05) is 0 Å². The van der Waals surface area contributed by atoms with Crippen molar-refractivity contribution in [3.63, 3.8) is 0 Å². The Morgan fingerprint density at radius 3 is 2.50 bits per heavy atom. The first kappa shape index (κ1) is 10.4. The second kappa shape index (κ2) is 4.04. The number of nitrogens with zero attached hydrogens (tertiary/aromatic N) is 1. The standard InChI is InChI=1S/C9H13N3O2/c1-5(13)4-8(14)10-9-6(2)11-12-7(9)3/h4H2,1-3H3,(H,10,14)(H,11,12). The Balaban J connectivity index is 2.69. The van der Waals surface area contributed by atoms with Crippen molar-refractivity contribution >= 4 is 17.4 Å². The van der Waals surface area contributed by atoms with Crippen molar-refractivity contribution in [3.05, 3.63) is 11.4 Å². The van der Waals surface area contributed by atoms with E-state index in [-0.39, 0.29) is 18.1 Å². The molecule has 5 nitrogen and oxygen atoms in total. The number of aromatic nitrogens is 2. The van der Waals surface area contributed by atoms with Gasteiger partial charge in [0.1, 0.15) is 5.78 Å². The van der Waals surface area contributed by atoms with Crippen LogP contribution in [0.3, 0.4) is 0 Å². The summed E-state index contributed by atoms with van der Waals surface area (Å²) in [4.78, 5) is 21.9. The maximum atomic E-state index is 11.3. The predicted octanol–water partition coefficient (Wildman–Crippen LogP) is 0.944. The number of rotatable bonds is 3. The molecule has 1 heterocycles. The summed E-state index contributed by atoms with van der Waals surface area (Å²) in [6.45, 7) is 4.98. The number of hydrogen-bond donors (Lipinski definition) is 2. The van der Waals surface area contributed by atoms with Crippen LogP contribution >= 0.6 is 0 Å². The van der Waals surface area contributed by atoms with Crippen LogP contribution in [0.1, 0.15) is 24.7 Å². The highest BCUT2D eigenvalue weighted by Crippen LogP contribution is 2.15. The number of carbonyl (C=O) groups is 2. The summed E-state index contributed by atoms with van der Waals surface area (Å²) in [5.41, 5.74) is 2.18. The molecule has 0 saturated carbocycles. The number of hydrogen-bond acceptors (Lipinski definition) is 3. The lowest BCUT2D eigenvalue weighted by Crippen LogP contribution is -2.15. The number of aromatic amines is 1. The van der Waals surface area contributed by atoms with Crippen LogP contribution in [0, 0.1) is 13.8 Å². The maximum absolute atomic E-state index is 11.3. The molecule has 0 spiro atoms. The third-order valence-electron chi connectivity index (χ3n) is 1.80. The van der Waals surface area contributed by atoms with E-state index in [1.54, 1.807) is 6.92 Å². The van der Waals surface area contributed by atoms with E-state index in [4.69, 9.17) is 0 Å². The zero-order chi connectivity index (χ0) is 10.7. The highest BCUT2D eigenvalue weighted by molar-refractivity contribution is 6.03. The Hall–Kier alpha value is -1.65. The predicted molar refractivity (Wildman–Crippen MR) is 52.0 cm³/mol. The van der Waals surface area contributed by atoms with Crippen LogP contribution in [0.5, 0.6) is 0 Å². The molecule has 0 bridgehead atoms. The van der Waals surface area contributed by atoms with Crippen molar-refractivity contribution in [2.24, 2.45) is 0 Å². The Labute approximate surface area is 81.9 Å². The molecule has 0 aliphatic heterocycles. The number of aryl methyl sites for hydroxylation is 2. The van der Waals surface area contributed by atoms with Crippen molar-refractivity contribution in [2.75, 3.05) is 5.32 Å². The van der Waals surface area contributed by atoms with Crippen LogP contribution in [0.15, 0.2) is 0 Å². The van der Waals surface area contributed by atoms with Crippen molar-refractivity contribution < 1.29 is 9.59 Å². The van der Waals surface area contributed by atoms with Crippen LogP contribution in [-0.4, -0.2) is 21.9 Å². The first-order chi connectivity index (χ1) is 6.50. The topological polar surface area (TPSA) is 74.8 Å². The molecule has 0 aliphatic rings. The third kappa shape index (κ3) is 2.42. The molecule has 1 aromatic rings. The molecule has 0 saturated heterocycles. The van der Waals surface area contributed by atoms with Crippen LogP contribution in [0.2, 0.25) is 0 Å². The lowest BCUT2D eigenvalue weighted by Gasteiger charge is -2.02. The molecule has 0 fully saturated rings. The number of nitrogens with one attached hydrogen (secondary N) is 2. The summed E-state index contributed by atoms with van der Waals surface area (Å²) in [5, 5.41) is 9.31. The minimum atomic E-state index is -0.301. The van der Waals surface area contributed by atoms with Gasteiger partial charge in [-0.15, -0.1) is 0 Å². The van der Waals surface area contributed by atoms with Gasteiger partial charge in [-0.25, -0.2) is 0 Å². The van der Waals surface area contributed by atoms with Gasteiger partial charge in [-0.3, -0.25) is 14.7 Å². The largest absolute Gasteiger partial charge is 0.323 e. The third-order valence-corrected chi connectivity index (χ3v) is 1.80. The van der Waals surface area contributed by atoms with Crippen LogP contribution in [0.4, 0.5) is 5.69 Å². The second-order valence-electron chi connectivity index (χ2n) is 3.24. The van der Waals surface area contributed by atoms with E-state index in [0.717, 1.165) is 11.4 Å². The maximum Gasteiger partial charge on any atom is 0.231 e. The van der Waals surface area contributed by atoms with Gasteiger partial charge in [0.05, 0.1) is 23.5 Å². The summed E-state index contributed by atoms with van der Waals surface area (Å²) in [7, 11) is 0. The summed E-state index contributed by atoms with van der Waals surface area (Å²) in [5.74, 6) is -0.452. The van der Waals surface area contributed by atoms with Crippen molar-refractivity contribution in [1.29, 1.82) is 0 Å². The van der Waals surface area contributed by atoms with E-state index in [9.17, 15) is 9.59 Å². The first-order valence-corrected chi connectivity index (χ1v) is 4.31. The molecule has 1 amide bonds. The molecule has 1 aromatic heterocycles. The molecular weight excluding hydrogens is 182 g/mol. The Bertz CT molecular complexity index is 349. The molecule has 14 heavy (non-hydrogen) atoms. The van der Waals surface area contributed by atoms with Gasteiger partial charge in [0.2, 0.25) is 5.91 Å². The molecular formula is C9H13N3O2. The zero-order valence-corrected chi connectivity index (χ0v) is 8.47. The van der Waals surface area contributed by atoms with Gasteiger partial charge < -0.3 is 5.32 Å². The fourth-order valence-electron chi connectivity index (χ4n) is 1.14. The number of anilines is 1. The minimum absolute atomic E-state index is 0.0932. The number of Topliss-reactive ketones (excluding diaryl/α,β-unsaturated/α-hetero) is 1. The van der Waals surface area contributed by atoms with Crippen LogP contribution < -0.4 is 5.32 Å². The fourth-order valence-corrected chi connectivity index (χ4v) is 1.14. The molecule has 76 valence electrons. The number of H-pyrrole nitrogens is 1. The molecule has 1 rings (SSSR count). The van der Waals surface area contributed by atoms with Gasteiger partial charge in [-0.05, 0) is 20.8 Å². The average Bonchev–Trinajstić information content (AvgIpc) is 2.34. The van der Waals surface area contributed by atoms with Gasteiger partial charge in [-0.2, -0.15) is 5.10 Å². The summed E-state index contributed by atoms with van der Waals surface area (Å²) in [6, 6.07) is 0. The van der Waals surface area contributed by atoms with Gasteiger partial charge >= 0.3 is 0 Å². The number of ketones is 1. The summed E-state index contributed by atoms with van der Waals surface area (Å²) < 4.78 is 0. The van der Waals surface area contributed by atoms with E-state index in [2.05, 4.69) is 15.5 Å². The Kier molecular flexibility index (Phi) is 3.01. The van der Waals surface area contributed by atoms with E-state index in [0.29, 0.717) is 5.69 Å². The highest BCUT2D eigenvalue weighted by Gasteiger charge is 2.11. The van der Waals surface area contributed by atoms with E-state index in [1.165, 1.54) is 6.92 Å². The van der Waals surface area contributed by atoms with E-state index < -0.39 is 0 Å². The van der Waals surface area contributed by atoms with Crippen LogP contribution in [-0.2, 0) is 9.59 Å². The molecule has 0 atom stereocenters. The molecule has 2 N–H and O–H groups in total. The fraction of sp³-hybridized carbons (Fsp3) is 0.444. The van der Waals surface area contributed by atoms with Gasteiger partial charge in [0.15, 0.2) is 0 Å². The van der Waals surface area contributed by atoms with Gasteiger partial charge in [0, 0.05) is 0 Å². The van der Waals surface area contributed by atoms with Crippen LogP contribution in [0.25, 0.3) is 0 Å². The van der Waals surface area contributed by atoms with Crippen molar-refractivity contribution in [3.8, 4) is 0 Å². The molecule has 0 unspecified atom stereocenters. The quantitative estimate of drug-likeness (QED) is 0.705. The number of carbonyl (C=O) groups excluding carboxylic acids is 2. The Morgan fingerprint density at radius 1 is 1.43 bits per heavy atom. The minimum Gasteiger partial charge on any atom is -0.323 e. The van der Waals surface area contributed by atoms with E-state index in [1.807, 2.05) is 6.92 Å². The summed E-state index contributed by atoms with van der Waals surface area (Å²) in [6.07, 6.45) is -0.0932. The number of amides is 1. The first-order valence-electron chi connectivity index (χ1n) is 4.31. The second-order valence-corrected chi connectivity index (χ2v) is 3.24. The summed E-state index contributed by atoms with van der Waals surface area (Å²) >= 11 is 0. The van der Waals surface area contributed by atoms with Crippen molar-refractivity contribution in [2.45, 2.75) is 27.2 Å². The average molecular weight is 195 g/mol. The molecule has 0 radical (unpaired) electrons. The monoisotopic (exact) mass is 195 g/mol. The lowest BCUT2D eigenvalue weighted by atomic mass is 10.2.